The highest BCUT2D eigenvalue weighted by molar-refractivity contribution is 4.76. The summed E-state index contributed by atoms with van der Waals surface area (Å²) in [5, 5.41) is 3.63. The summed E-state index contributed by atoms with van der Waals surface area (Å²) in [4.78, 5) is 0. The third-order valence-electron chi connectivity index (χ3n) is 2.86. The molecule has 1 heteroatoms. The Labute approximate surface area is 90.7 Å². The predicted molar refractivity (Wildman–Crippen MR) is 65.5 cm³/mol. The summed E-state index contributed by atoms with van der Waals surface area (Å²) >= 11 is 0. The smallest absolute Gasteiger partial charge is 0.00619 e. The molecule has 0 radical (unpaired) electrons. The Morgan fingerprint density at radius 2 is 1.50 bits per heavy atom. The zero-order valence-electron chi connectivity index (χ0n) is 11.1. The Balaban J connectivity index is 3.86. The summed E-state index contributed by atoms with van der Waals surface area (Å²) in [7, 11) is 0. The molecular formula is C13H29N. The fourth-order valence-electron chi connectivity index (χ4n) is 1.85. The number of hydrogen-bond donors (Lipinski definition) is 1. The van der Waals surface area contributed by atoms with E-state index >= 15 is 0 Å². The summed E-state index contributed by atoms with van der Waals surface area (Å²) in [5.74, 6) is 1.52. The maximum Gasteiger partial charge on any atom is 0.00619 e. The lowest BCUT2D eigenvalue weighted by atomic mass is 9.83. The minimum absolute atomic E-state index is 0.428. The molecule has 0 aliphatic heterocycles. The van der Waals surface area contributed by atoms with Gasteiger partial charge in [-0.25, -0.2) is 0 Å². The summed E-state index contributed by atoms with van der Waals surface area (Å²) in [6, 6.07) is 0.626. The molecule has 0 spiro atoms. The third-order valence-corrected chi connectivity index (χ3v) is 2.86. The number of rotatable bonds is 6. The second kappa shape index (κ2) is 5.75. The van der Waals surface area contributed by atoms with Gasteiger partial charge in [-0.15, -0.1) is 0 Å². The third kappa shape index (κ3) is 6.42. The van der Waals surface area contributed by atoms with E-state index in [2.05, 4.69) is 53.8 Å². The van der Waals surface area contributed by atoms with Crippen molar-refractivity contribution in [3.63, 3.8) is 0 Å². The van der Waals surface area contributed by atoms with Gasteiger partial charge in [0, 0.05) is 12.6 Å². The van der Waals surface area contributed by atoms with Crippen LogP contribution in [0.15, 0.2) is 0 Å². The van der Waals surface area contributed by atoms with Crippen LogP contribution in [0.1, 0.15) is 54.9 Å². The van der Waals surface area contributed by atoms with Gasteiger partial charge >= 0.3 is 0 Å². The molecule has 0 aromatic rings. The van der Waals surface area contributed by atoms with Crippen LogP contribution in [0.4, 0.5) is 0 Å². The van der Waals surface area contributed by atoms with E-state index in [1.54, 1.807) is 0 Å². The van der Waals surface area contributed by atoms with Crippen molar-refractivity contribution in [2.75, 3.05) is 6.54 Å². The molecule has 0 amide bonds. The summed E-state index contributed by atoms with van der Waals surface area (Å²) in [5.41, 5.74) is 0.428. The van der Waals surface area contributed by atoms with Crippen molar-refractivity contribution in [2.24, 2.45) is 17.3 Å². The highest BCUT2D eigenvalue weighted by atomic mass is 14.9. The van der Waals surface area contributed by atoms with Crippen molar-refractivity contribution in [2.45, 2.75) is 60.9 Å². The fourth-order valence-corrected chi connectivity index (χ4v) is 1.85. The van der Waals surface area contributed by atoms with Crippen molar-refractivity contribution >= 4 is 0 Å². The van der Waals surface area contributed by atoms with Crippen LogP contribution in [0, 0.1) is 17.3 Å². The molecule has 0 fully saturated rings. The second-order valence-electron chi connectivity index (χ2n) is 6.18. The van der Waals surface area contributed by atoms with Crippen LogP contribution in [-0.4, -0.2) is 12.6 Å². The van der Waals surface area contributed by atoms with Gasteiger partial charge < -0.3 is 5.32 Å². The van der Waals surface area contributed by atoms with Crippen molar-refractivity contribution in [3.8, 4) is 0 Å². The second-order valence-corrected chi connectivity index (χ2v) is 6.18. The zero-order chi connectivity index (χ0) is 11.4. The largest absolute Gasteiger partial charge is 0.313 e. The molecule has 1 unspecified atom stereocenters. The molecule has 86 valence electrons. The average Bonchev–Trinajstić information content (AvgIpc) is 1.97. The molecule has 0 saturated carbocycles. The molecule has 0 aromatic heterocycles. The van der Waals surface area contributed by atoms with Gasteiger partial charge in [0.25, 0.3) is 0 Å². The first-order valence-corrected chi connectivity index (χ1v) is 5.98. The van der Waals surface area contributed by atoms with Gasteiger partial charge in [0.2, 0.25) is 0 Å². The van der Waals surface area contributed by atoms with Gasteiger partial charge in [-0.2, -0.15) is 0 Å². The van der Waals surface area contributed by atoms with Crippen molar-refractivity contribution in [3.05, 3.63) is 0 Å². The Morgan fingerprint density at radius 1 is 1.00 bits per heavy atom. The molecule has 1 nitrogen and oxygen atoms in total. The Morgan fingerprint density at radius 3 is 1.86 bits per heavy atom. The van der Waals surface area contributed by atoms with E-state index in [9.17, 15) is 0 Å². The van der Waals surface area contributed by atoms with Crippen LogP contribution in [0.2, 0.25) is 0 Å². The summed E-state index contributed by atoms with van der Waals surface area (Å²) in [6.07, 6.45) is 1.30. The van der Waals surface area contributed by atoms with E-state index in [1.807, 2.05) is 0 Å². The molecule has 1 atom stereocenters. The van der Waals surface area contributed by atoms with Crippen LogP contribution in [-0.2, 0) is 0 Å². The maximum absolute atomic E-state index is 3.63. The SMILES string of the molecule is CC(C)CC(C)(C)CNC(C)C(C)C. The van der Waals surface area contributed by atoms with Gasteiger partial charge in [-0.1, -0.05) is 41.5 Å². The molecule has 0 heterocycles. The lowest BCUT2D eigenvalue weighted by Crippen LogP contribution is -2.38. The van der Waals surface area contributed by atoms with Crippen molar-refractivity contribution in [1.82, 2.24) is 5.32 Å². The number of hydrogen-bond acceptors (Lipinski definition) is 1. The molecule has 0 saturated heterocycles. The van der Waals surface area contributed by atoms with Crippen LogP contribution in [0.5, 0.6) is 0 Å². The van der Waals surface area contributed by atoms with E-state index < -0.39 is 0 Å². The standard InChI is InChI=1S/C13H29N/c1-10(2)8-13(6,7)9-14-12(5)11(3)4/h10-12,14H,8-9H2,1-7H3. The first-order chi connectivity index (χ1) is 6.24. The molecule has 0 aromatic carbocycles. The highest BCUT2D eigenvalue weighted by Crippen LogP contribution is 2.24. The fraction of sp³-hybridized carbons (Fsp3) is 1.00. The lowest BCUT2D eigenvalue weighted by molar-refractivity contribution is 0.252. The molecule has 0 aliphatic rings. The molecule has 14 heavy (non-hydrogen) atoms. The monoisotopic (exact) mass is 199 g/mol. The minimum atomic E-state index is 0.428. The first-order valence-electron chi connectivity index (χ1n) is 5.98. The average molecular weight is 199 g/mol. The number of nitrogens with one attached hydrogen (secondary N) is 1. The zero-order valence-corrected chi connectivity index (χ0v) is 11.1. The van der Waals surface area contributed by atoms with E-state index in [-0.39, 0.29) is 0 Å². The quantitative estimate of drug-likeness (QED) is 0.688. The van der Waals surface area contributed by atoms with Crippen molar-refractivity contribution in [1.29, 1.82) is 0 Å². The maximum atomic E-state index is 3.63. The molecular weight excluding hydrogens is 170 g/mol. The Kier molecular flexibility index (Phi) is 5.73. The van der Waals surface area contributed by atoms with Gasteiger partial charge in [-0.3, -0.25) is 0 Å². The summed E-state index contributed by atoms with van der Waals surface area (Å²) in [6.45, 7) is 17.3. The van der Waals surface area contributed by atoms with Crippen molar-refractivity contribution < 1.29 is 0 Å². The molecule has 0 aliphatic carbocycles. The molecule has 0 rings (SSSR count). The normalized spacial score (nSPS) is 15.2. The van der Waals surface area contributed by atoms with Gasteiger partial charge in [0.15, 0.2) is 0 Å². The Hall–Kier alpha value is -0.0400. The summed E-state index contributed by atoms with van der Waals surface area (Å²) < 4.78 is 0. The minimum Gasteiger partial charge on any atom is -0.313 e. The Bertz CT molecular complexity index is 147. The molecule has 0 bridgehead atoms. The topological polar surface area (TPSA) is 12.0 Å². The van der Waals surface area contributed by atoms with Crippen LogP contribution in [0.3, 0.4) is 0 Å². The van der Waals surface area contributed by atoms with Crippen LogP contribution < -0.4 is 5.32 Å². The molecule has 1 N–H and O–H groups in total. The van der Waals surface area contributed by atoms with Gasteiger partial charge in [0.1, 0.15) is 0 Å². The van der Waals surface area contributed by atoms with Gasteiger partial charge in [0.05, 0.1) is 0 Å². The van der Waals surface area contributed by atoms with Crippen LogP contribution >= 0.6 is 0 Å². The van der Waals surface area contributed by atoms with Crippen LogP contribution in [0.25, 0.3) is 0 Å². The predicted octanol–water partition coefficient (Wildman–Crippen LogP) is 3.69. The highest BCUT2D eigenvalue weighted by Gasteiger charge is 2.20. The van der Waals surface area contributed by atoms with E-state index in [1.165, 1.54) is 6.42 Å². The van der Waals surface area contributed by atoms with E-state index in [4.69, 9.17) is 0 Å². The van der Waals surface area contributed by atoms with Gasteiger partial charge in [-0.05, 0) is 30.6 Å². The lowest BCUT2D eigenvalue weighted by Gasteiger charge is -2.30. The first kappa shape index (κ1) is 14.0. The van der Waals surface area contributed by atoms with E-state index in [0.29, 0.717) is 11.5 Å². The van der Waals surface area contributed by atoms with E-state index in [0.717, 1.165) is 18.4 Å².